The molecule has 2 aromatic heterocycles. The zero-order valence-electron chi connectivity index (χ0n) is 16.8. The molecule has 29 heavy (non-hydrogen) atoms. The Balaban J connectivity index is 1.83. The lowest BCUT2D eigenvalue weighted by molar-refractivity contribution is -0.114. The van der Waals surface area contributed by atoms with Gasteiger partial charge in [0.2, 0.25) is 10.0 Å². The average molecular weight is 416 g/mol. The molecule has 154 valence electrons. The number of aromatic nitrogens is 4. The average Bonchev–Trinajstić information content (AvgIpc) is 3.19. The maximum atomic E-state index is 12.1. The predicted octanol–water partition coefficient (Wildman–Crippen LogP) is 2.72. The minimum Gasteiger partial charge on any atom is -0.269 e. The zero-order valence-corrected chi connectivity index (χ0v) is 17.6. The Morgan fingerprint density at radius 2 is 1.97 bits per heavy atom. The summed E-state index contributed by atoms with van der Waals surface area (Å²) in [5.74, 6) is -0.0489. The first-order valence-corrected chi connectivity index (χ1v) is 11.2. The standard InChI is InChI=1S/C20H25N5O3S/c1-4-5-8-13-29(27,28)23-19(26)12-11-17-15(2)21-24(3)20(17)25-14-16-9-6-7-10-18(16)22-25/h6-7,9-12,14H,4-5,8,13H2,1-3H3,(H,23,26). The van der Waals surface area contributed by atoms with Gasteiger partial charge in [0.25, 0.3) is 5.91 Å². The van der Waals surface area contributed by atoms with E-state index in [-0.39, 0.29) is 5.75 Å². The second-order valence-corrected chi connectivity index (χ2v) is 8.75. The minimum absolute atomic E-state index is 0.0581. The van der Waals surface area contributed by atoms with Gasteiger partial charge in [0.1, 0.15) is 0 Å². The minimum atomic E-state index is -3.63. The fourth-order valence-corrected chi connectivity index (χ4v) is 4.20. The molecule has 0 radical (unpaired) electrons. The van der Waals surface area contributed by atoms with Crippen LogP contribution in [0.4, 0.5) is 0 Å². The van der Waals surface area contributed by atoms with Crippen LogP contribution in [0, 0.1) is 6.92 Å². The van der Waals surface area contributed by atoms with Crippen LogP contribution in [-0.4, -0.2) is 39.6 Å². The predicted molar refractivity (Wildman–Crippen MR) is 113 cm³/mol. The quantitative estimate of drug-likeness (QED) is 0.450. The van der Waals surface area contributed by atoms with Crippen LogP contribution >= 0.6 is 0 Å². The number of amides is 1. The fraction of sp³-hybridized carbons (Fsp3) is 0.350. The van der Waals surface area contributed by atoms with Crippen LogP contribution in [0.15, 0.2) is 36.5 Å². The molecule has 9 heteroatoms. The fourth-order valence-electron chi connectivity index (χ4n) is 3.14. The maximum Gasteiger partial charge on any atom is 0.257 e. The summed E-state index contributed by atoms with van der Waals surface area (Å²) in [5.41, 5.74) is 2.24. The molecule has 0 aliphatic carbocycles. The first-order valence-electron chi connectivity index (χ1n) is 9.51. The van der Waals surface area contributed by atoms with Gasteiger partial charge in [0, 0.05) is 30.3 Å². The number of fused-ring (bicyclic) bond motifs is 1. The highest BCUT2D eigenvalue weighted by atomic mass is 32.2. The van der Waals surface area contributed by atoms with Crippen LogP contribution in [0.3, 0.4) is 0 Å². The Bertz CT molecular complexity index is 1130. The summed E-state index contributed by atoms with van der Waals surface area (Å²) in [5, 5.41) is 9.97. The van der Waals surface area contributed by atoms with E-state index in [2.05, 4.69) is 14.9 Å². The van der Waals surface area contributed by atoms with E-state index in [0.717, 1.165) is 23.7 Å². The molecule has 0 bridgehead atoms. The number of rotatable bonds is 8. The first kappa shape index (κ1) is 20.8. The van der Waals surface area contributed by atoms with Crippen molar-refractivity contribution in [2.45, 2.75) is 33.1 Å². The number of aryl methyl sites for hydroxylation is 2. The highest BCUT2D eigenvalue weighted by Crippen LogP contribution is 2.21. The van der Waals surface area contributed by atoms with E-state index in [1.54, 1.807) is 22.5 Å². The van der Waals surface area contributed by atoms with Gasteiger partial charge in [-0.05, 0) is 25.5 Å². The van der Waals surface area contributed by atoms with Crippen molar-refractivity contribution in [3.8, 4) is 5.82 Å². The number of unbranched alkanes of at least 4 members (excludes halogenated alkanes) is 2. The summed E-state index contributed by atoms with van der Waals surface area (Å²) in [4.78, 5) is 12.1. The third-order valence-corrected chi connectivity index (χ3v) is 5.88. The number of nitrogens with zero attached hydrogens (tertiary/aromatic N) is 4. The van der Waals surface area contributed by atoms with Gasteiger partial charge >= 0.3 is 0 Å². The van der Waals surface area contributed by atoms with E-state index in [9.17, 15) is 13.2 Å². The monoisotopic (exact) mass is 415 g/mol. The number of hydrogen-bond acceptors (Lipinski definition) is 5. The molecule has 0 aliphatic heterocycles. The van der Waals surface area contributed by atoms with Crippen LogP contribution in [-0.2, 0) is 21.9 Å². The van der Waals surface area contributed by atoms with Gasteiger partial charge in [-0.2, -0.15) is 10.2 Å². The van der Waals surface area contributed by atoms with Crippen LogP contribution < -0.4 is 4.72 Å². The topological polar surface area (TPSA) is 98.9 Å². The molecule has 0 saturated carbocycles. The van der Waals surface area contributed by atoms with E-state index in [4.69, 9.17) is 0 Å². The molecule has 3 aromatic rings. The van der Waals surface area contributed by atoms with Crippen LogP contribution in [0.1, 0.15) is 37.4 Å². The Morgan fingerprint density at radius 1 is 1.21 bits per heavy atom. The Morgan fingerprint density at radius 3 is 2.69 bits per heavy atom. The lowest BCUT2D eigenvalue weighted by atomic mass is 10.2. The third kappa shape index (κ3) is 4.92. The van der Waals surface area contributed by atoms with Crippen molar-refractivity contribution in [2.24, 2.45) is 7.05 Å². The molecule has 0 atom stereocenters. The van der Waals surface area contributed by atoms with E-state index >= 15 is 0 Å². The summed E-state index contributed by atoms with van der Waals surface area (Å²) in [6.45, 7) is 3.82. The second kappa shape index (κ2) is 8.60. The molecule has 8 nitrogen and oxygen atoms in total. The molecule has 1 aromatic carbocycles. The molecule has 3 rings (SSSR count). The van der Waals surface area contributed by atoms with Gasteiger partial charge in [0.05, 0.1) is 17.0 Å². The molecular weight excluding hydrogens is 390 g/mol. The smallest absolute Gasteiger partial charge is 0.257 e. The van der Waals surface area contributed by atoms with E-state index in [0.29, 0.717) is 23.5 Å². The normalized spacial score (nSPS) is 12.1. The summed E-state index contributed by atoms with van der Waals surface area (Å²) in [7, 11) is -1.84. The summed E-state index contributed by atoms with van der Waals surface area (Å²) >= 11 is 0. The van der Waals surface area contributed by atoms with Gasteiger partial charge in [-0.3, -0.25) is 9.48 Å². The molecular formula is C20H25N5O3S. The Hall–Kier alpha value is -2.94. The molecule has 0 unspecified atom stereocenters. The summed E-state index contributed by atoms with van der Waals surface area (Å²) < 4.78 is 29.5. The maximum absolute atomic E-state index is 12.1. The number of nitrogens with one attached hydrogen (secondary N) is 1. The van der Waals surface area contributed by atoms with Crippen LogP contribution in [0.2, 0.25) is 0 Å². The summed E-state index contributed by atoms with van der Waals surface area (Å²) in [6.07, 6.45) is 6.92. The number of sulfonamides is 1. The Kier molecular flexibility index (Phi) is 6.17. The number of benzene rings is 1. The highest BCUT2D eigenvalue weighted by Gasteiger charge is 2.16. The van der Waals surface area contributed by atoms with Crippen molar-refractivity contribution < 1.29 is 13.2 Å². The van der Waals surface area contributed by atoms with E-state index in [1.807, 2.05) is 44.3 Å². The van der Waals surface area contributed by atoms with Crippen LogP contribution in [0.5, 0.6) is 0 Å². The zero-order chi connectivity index (χ0) is 21.0. The van der Waals surface area contributed by atoms with Crippen LogP contribution in [0.25, 0.3) is 22.8 Å². The number of carbonyl (C=O) groups is 1. The summed E-state index contributed by atoms with van der Waals surface area (Å²) in [6, 6.07) is 7.74. The molecule has 0 fully saturated rings. The molecule has 0 aliphatic rings. The van der Waals surface area contributed by atoms with Crippen molar-refractivity contribution >= 4 is 32.9 Å². The van der Waals surface area contributed by atoms with Crippen molar-refractivity contribution in [3.05, 3.63) is 47.8 Å². The van der Waals surface area contributed by atoms with Gasteiger partial charge in [-0.1, -0.05) is 38.0 Å². The van der Waals surface area contributed by atoms with Crippen molar-refractivity contribution in [3.63, 3.8) is 0 Å². The number of carbonyl (C=O) groups excluding carboxylic acids is 1. The van der Waals surface area contributed by atoms with Gasteiger partial charge in [-0.25, -0.2) is 17.8 Å². The molecule has 1 amide bonds. The number of hydrogen-bond donors (Lipinski definition) is 1. The SMILES string of the molecule is CCCCCS(=O)(=O)NC(=O)C=Cc1c(C)nn(C)c1-n1cc2ccccc2n1. The Labute approximate surface area is 170 Å². The van der Waals surface area contributed by atoms with Crippen molar-refractivity contribution in [2.75, 3.05) is 5.75 Å². The van der Waals surface area contributed by atoms with Gasteiger partial charge in [0.15, 0.2) is 5.82 Å². The first-order chi connectivity index (χ1) is 13.8. The largest absolute Gasteiger partial charge is 0.269 e. The van der Waals surface area contributed by atoms with Crippen molar-refractivity contribution in [1.82, 2.24) is 24.3 Å². The van der Waals surface area contributed by atoms with E-state index in [1.165, 1.54) is 6.08 Å². The molecule has 0 spiro atoms. The van der Waals surface area contributed by atoms with Gasteiger partial charge < -0.3 is 0 Å². The molecule has 0 saturated heterocycles. The molecule has 2 heterocycles. The van der Waals surface area contributed by atoms with Gasteiger partial charge in [-0.15, -0.1) is 0 Å². The lowest BCUT2D eigenvalue weighted by Crippen LogP contribution is -2.31. The third-order valence-electron chi connectivity index (χ3n) is 4.54. The molecule has 1 N–H and O–H groups in total. The second-order valence-electron chi connectivity index (χ2n) is 6.90. The van der Waals surface area contributed by atoms with E-state index < -0.39 is 15.9 Å². The lowest BCUT2D eigenvalue weighted by Gasteiger charge is -2.05. The van der Waals surface area contributed by atoms with Crippen molar-refractivity contribution in [1.29, 1.82) is 0 Å². The highest BCUT2D eigenvalue weighted by molar-refractivity contribution is 7.90.